The van der Waals surface area contributed by atoms with E-state index in [2.05, 4.69) is 9.97 Å². The first-order valence-electron chi connectivity index (χ1n) is 4.65. The second-order valence-corrected chi connectivity index (χ2v) is 5.08. The maximum atomic E-state index is 11.7. The van der Waals surface area contributed by atoms with Gasteiger partial charge in [0.25, 0.3) is 5.56 Å². The van der Waals surface area contributed by atoms with Crippen LogP contribution in [0.1, 0.15) is 10.4 Å². The Kier molecular flexibility index (Phi) is 3.34. The van der Waals surface area contributed by atoms with Gasteiger partial charge in [-0.1, -0.05) is 11.8 Å². The van der Waals surface area contributed by atoms with Crippen molar-refractivity contribution >= 4 is 45.2 Å². The molecule has 2 rings (SSSR count). The van der Waals surface area contributed by atoms with Gasteiger partial charge in [-0.25, -0.2) is 9.78 Å². The SMILES string of the molecule is NC(=O)CSc1nc2scc(C(=O)O)c2c(=O)[nH]1. The molecule has 18 heavy (non-hydrogen) atoms. The second-order valence-electron chi connectivity index (χ2n) is 3.26. The Morgan fingerprint density at radius 2 is 2.28 bits per heavy atom. The number of aromatic nitrogens is 2. The van der Waals surface area contributed by atoms with Crippen molar-refractivity contribution in [3.8, 4) is 0 Å². The molecule has 0 unspecified atom stereocenters. The highest BCUT2D eigenvalue weighted by atomic mass is 32.2. The van der Waals surface area contributed by atoms with Crippen molar-refractivity contribution in [2.45, 2.75) is 5.16 Å². The van der Waals surface area contributed by atoms with Gasteiger partial charge in [0.05, 0.1) is 16.7 Å². The fraction of sp³-hybridized carbons (Fsp3) is 0.111. The number of rotatable bonds is 4. The molecule has 0 aromatic carbocycles. The van der Waals surface area contributed by atoms with Gasteiger partial charge in [-0.2, -0.15) is 0 Å². The Morgan fingerprint density at radius 3 is 2.89 bits per heavy atom. The number of H-pyrrole nitrogens is 1. The summed E-state index contributed by atoms with van der Waals surface area (Å²) in [7, 11) is 0. The Hall–Kier alpha value is -1.87. The normalized spacial score (nSPS) is 10.7. The summed E-state index contributed by atoms with van der Waals surface area (Å²) in [6.45, 7) is 0. The number of hydrogen-bond donors (Lipinski definition) is 3. The number of hydrogen-bond acceptors (Lipinski definition) is 6. The van der Waals surface area contributed by atoms with E-state index in [1.54, 1.807) is 0 Å². The summed E-state index contributed by atoms with van der Waals surface area (Å²) in [5.41, 5.74) is 4.37. The van der Waals surface area contributed by atoms with Gasteiger partial charge in [-0.15, -0.1) is 11.3 Å². The van der Waals surface area contributed by atoms with Crippen LogP contribution in [0.2, 0.25) is 0 Å². The van der Waals surface area contributed by atoms with E-state index >= 15 is 0 Å². The maximum absolute atomic E-state index is 11.7. The van der Waals surface area contributed by atoms with E-state index in [4.69, 9.17) is 10.8 Å². The molecular formula is C9H7N3O4S2. The van der Waals surface area contributed by atoms with Crippen LogP contribution in [-0.2, 0) is 4.79 Å². The zero-order valence-electron chi connectivity index (χ0n) is 8.80. The van der Waals surface area contributed by atoms with Gasteiger partial charge in [0.2, 0.25) is 5.91 Å². The number of thiophene rings is 1. The summed E-state index contributed by atoms with van der Waals surface area (Å²) in [5.74, 6) is -1.71. The van der Waals surface area contributed by atoms with E-state index in [0.29, 0.717) is 4.83 Å². The molecule has 0 radical (unpaired) electrons. The molecule has 0 aliphatic rings. The van der Waals surface area contributed by atoms with Crippen LogP contribution in [0.4, 0.5) is 0 Å². The molecule has 1 amide bonds. The van der Waals surface area contributed by atoms with Crippen LogP contribution in [-0.4, -0.2) is 32.7 Å². The van der Waals surface area contributed by atoms with Gasteiger partial charge < -0.3 is 15.8 Å². The third-order valence-corrected chi connectivity index (χ3v) is 3.77. The lowest BCUT2D eigenvalue weighted by Gasteiger charge is -1.98. The number of thioether (sulfide) groups is 1. The second kappa shape index (κ2) is 4.78. The molecule has 7 nitrogen and oxygen atoms in total. The highest BCUT2D eigenvalue weighted by Crippen LogP contribution is 2.23. The Morgan fingerprint density at radius 1 is 1.56 bits per heavy atom. The molecule has 0 atom stereocenters. The van der Waals surface area contributed by atoms with Crippen molar-refractivity contribution in [3.05, 3.63) is 21.3 Å². The lowest BCUT2D eigenvalue weighted by Crippen LogP contribution is -2.15. The van der Waals surface area contributed by atoms with Gasteiger partial charge >= 0.3 is 5.97 Å². The fourth-order valence-corrected chi connectivity index (χ4v) is 2.86. The minimum atomic E-state index is -1.17. The van der Waals surface area contributed by atoms with E-state index in [9.17, 15) is 14.4 Å². The largest absolute Gasteiger partial charge is 0.478 e. The van der Waals surface area contributed by atoms with Gasteiger partial charge in [-0.05, 0) is 0 Å². The molecule has 0 saturated carbocycles. The average molecular weight is 285 g/mol. The molecule has 0 aliphatic carbocycles. The van der Waals surface area contributed by atoms with Crippen molar-refractivity contribution in [2.75, 3.05) is 5.75 Å². The third kappa shape index (κ3) is 2.36. The average Bonchev–Trinajstić information content (AvgIpc) is 2.70. The van der Waals surface area contributed by atoms with E-state index in [1.807, 2.05) is 0 Å². The summed E-state index contributed by atoms with van der Waals surface area (Å²) < 4.78 is 0. The molecule has 2 aromatic heterocycles. The van der Waals surface area contributed by atoms with Crippen LogP contribution in [0.5, 0.6) is 0 Å². The quantitative estimate of drug-likeness (QED) is 0.546. The fourth-order valence-electron chi connectivity index (χ4n) is 1.29. The van der Waals surface area contributed by atoms with Crippen molar-refractivity contribution in [3.63, 3.8) is 0 Å². The Labute approximate surface area is 108 Å². The summed E-state index contributed by atoms with van der Waals surface area (Å²) in [5, 5.41) is 10.6. The Balaban J connectivity index is 2.48. The minimum Gasteiger partial charge on any atom is -0.478 e. The van der Waals surface area contributed by atoms with Crippen LogP contribution in [0, 0.1) is 0 Å². The van der Waals surface area contributed by atoms with Crippen molar-refractivity contribution in [1.82, 2.24) is 9.97 Å². The lowest BCUT2D eigenvalue weighted by molar-refractivity contribution is -0.115. The zero-order valence-corrected chi connectivity index (χ0v) is 10.4. The first-order valence-corrected chi connectivity index (χ1v) is 6.51. The topological polar surface area (TPSA) is 126 Å². The molecule has 0 saturated heterocycles. The monoisotopic (exact) mass is 285 g/mol. The molecule has 0 spiro atoms. The molecule has 2 heterocycles. The summed E-state index contributed by atoms with van der Waals surface area (Å²) in [6.07, 6.45) is 0. The van der Waals surface area contributed by atoms with Gasteiger partial charge in [-0.3, -0.25) is 9.59 Å². The minimum absolute atomic E-state index is 0.00832. The van der Waals surface area contributed by atoms with Gasteiger partial charge in [0.1, 0.15) is 4.83 Å². The smallest absolute Gasteiger partial charge is 0.337 e. The first-order chi connectivity index (χ1) is 8.49. The van der Waals surface area contributed by atoms with Crippen LogP contribution < -0.4 is 11.3 Å². The summed E-state index contributed by atoms with van der Waals surface area (Å²) >= 11 is 2.06. The van der Waals surface area contributed by atoms with Gasteiger partial charge in [0, 0.05) is 5.38 Å². The highest BCUT2D eigenvalue weighted by Gasteiger charge is 2.16. The van der Waals surface area contributed by atoms with E-state index in [1.165, 1.54) is 5.38 Å². The number of aromatic carboxylic acids is 1. The van der Waals surface area contributed by atoms with Gasteiger partial charge in [0.15, 0.2) is 5.16 Å². The maximum Gasteiger partial charge on any atom is 0.337 e. The molecule has 0 aliphatic heterocycles. The number of carboxylic acid groups (broad SMARTS) is 1. The van der Waals surface area contributed by atoms with Crippen molar-refractivity contribution < 1.29 is 14.7 Å². The number of carbonyl (C=O) groups excluding carboxylic acids is 1. The van der Waals surface area contributed by atoms with E-state index < -0.39 is 17.4 Å². The molecule has 94 valence electrons. The number of nitrogens with one attached hydrogen (secondary N) is 1. The number of amides is 1. The van der Waals surface area contributed by atoms with E-state index in [0.717, 1.165) is 23.1 Å². The number of aromatic amines is 1. The molecule has 9 heteroatoms. The number of carboxylic acids is 1. The predicted octanol–water partition coefficient (Wildman–Crippen LogP) is 0.260. The molecule has 0 fully saturated rings. The number of nitrogens with two attached hydrogens (primary N) is 1. The number of nitrogens with zero attached hydrogens (tertiary/aromatic N) is 1. The number of carbonyl (C=O) groups is 2. The van der Waals surface area contributed by atoms with Crippen LogP contribution in [0.3, 0.4) is 0 Å². The zero-order chi connectivity index (χ0) is 13.3. The number of fused-ring (bicyclic) bond motifs is 1. The molecule has 2 aromatic rings. The summed E-state index contributed by atoms with van der Waals surface area (Å²) in [4.78, 5) is 40.1. The van der Waals surface area contributed by atoms with Crippen LogP contribution in [0.25, 0.3) is 10.2 Å². The predicted molar refractivity (Wildman–Crippen MR) is 67.1 cm³/mol. The van der Waals surface area contributed by atoms with Crippen molar-refractivity contribution in [2.24, 2.45) is 5.73 Å². The molecule has 0 bridgehead atoms. The summed E-state index contributed by atoms with van der Waals surface area (Å²) in [6, 6.07) is 0. The molecule has 4 N–H and O–H groups in total. The Bertz CT molecular complexity index is 691. The van der Waals surface area contributed by atoms with Crippen molar-refractivity contribution in [1.29, 1.82) is 0 Å². The highest BCUT2D eigenvalue weighted by molar-refractivity contribution is 7.99. The molecular weight excluding hydrogens is 278 g/mol. The number of primary amides is 1. The van der Waals surface area contributed by atoms with E-state index in [-0.39, 0.29) is 21.9 Å². The van der Waals surface area contributed by atoms with Crippen LogP contribution in [0.15, 0.2) is 15.3 Å². The lowest BCUT2D eigenvalue weighted by atomic mass is 10.2. The first kappa shape index (κ1) is 12.6. The standard InChI is InChI=1S/C9H7N3O4S2/c10-4(13)2-18-9-11-6(14)5-3(8(15)16)1-17-7(5)12-9/h1H,2H2,(H2,10,13)(H,15,16)(H,11,12,14). The van der Waals surface area contributed by atoms with Crippen LogP contribution >= 0.6 is 23.1 Å². The third-order valence-electron chi connectivity index (χ3n) is 2.00.